The van der Waals surface area contributed by atoms with Crippen molar-refractivity contribution in [3.05, 3.63) is 109 Å². The molecule has 1 fully saturated rings. The molecular weight excluding hydrogens is 1100 g/mol. The Morgan fingerprint density at radius 3 is 1.25 bits per heavy atom. The van der Waals surface area contributed by atoms with Gasteiger partial charge in [-0.25, -0.2) is 0 Å². The fourth-order valence-corrected chi connectivity index (χ4v) is 10.8. The molecule has 1 heterocycles. The van der Waals surface area contributed by atoms with Crippen LogP contribution < -0.4 is 5.32 Å². The van der Waals surface area contributed by atoms with Crippen LogP contribution in [0.3, 0.4) is 0 Å². The molecule has 0 bridgehead atoms. The van der Waals surface area contributed by atoms with Gasteiger partial charge < -0.3 is 45.1 Å². The molecule has 1 aliphatic heterocycles. The molecule has 506 valence electrons. The highest BCUT2D eigenvalue weighted by Gasteiger charge is 2.47. The molecule has 0 aromatic rings. The zero-order valence-corrected chi connectivity index (χ0v) is 56.3. The van der Waals surface area contributed by atoms with Crippen molar-refractivity contribution in [1.29, 1.82) is 0 Å². The van der Waals surface area contributed by atoms with Crippen LogP contribution in [0.25, 0.3) is 0 Å². The molecule has 1 amide bonds. The van der Waals surface area contributed by atoms with Gasteiger partial charge in [-0.3, -0.25) is 9.59 Å². The van der Waals surface area contributed by atoms with Crippen molar-refractivity contribution in [2.24, 2.45) is 0 Å². The van der Waals surface area contributed by atoms with Gasteiger partial charge in [0.25, 0.3) is 0 Å². The van der Waals surface area contributed by atoms with Crippen molar-refractivity contribution >= 4 is 11.9 Å². The van der Waals surface area contributed by atoms with Gasteiger partial charge in [-0.2, -0.15) is 0 Å². The number of ether oxygens (including phenoxy) is 3. The molecule has 0 spiro atoms. The fourth-order valence-electron chi connectivity index (χ4n) is 10.8. The van der Waals surface area contributed by atoms with Crippen LogP contribution in [0.2, 0.25) is 0 Å². The SMILES string of the molecule is CC/C=C\C/C=C\C/C=C\C/C=C\C/C=C\C/C=C\CCCC(O)C(=O)NC(COC1OC(CO)C(O)C(O)C1OC(=O)CCCCCCCCCCCCCCCCCCC/C=C\C/C=C\CCCCC)C(O)/C=C/CCCCCCCCCCCC. The lowest BCUT2D eigenvalue weighted by Crippen LogP contribution is -2.61. The Morgan fingerprint density at radius 1 is 0.455 bits per heavy atom. The Labute approximate surface area is 538 Å². The normalized spacial score (nSPS) is 18.8. The molecule has 1 rings (SSSR count). The molecule has 0 aromatic heterocycles. The number of aliphatic hydroxyl groups excluding tert-OH is 5. The van der Waals surface area contributed by atoms with E-state index in [4.69, 9.17) is 14.2 Å². The first-order chi connectivity index (χ1) is 43.2. The number of hydrogen-bond donors (Lipinski definition) is 6. The highest BCUT2D eigenvalue weighted by atomic mass is 16.7. The summed E-state index contributed by atoms with van der Waals surface area (Å²) in [6, 6.07) is -1.05. The second-order valence-corrected chi connectivity index (χ2v) is 24.6. The van der Waals surface area contributed by atoms with Gasteiger partial charge in [0, 0.05) is 6.42 Å². The van der Waals surface area contributed by atoms with Gasteiger partial charge >= 0.3 is 5.97 Å². The highest BCUT2D eigenvalue weighted by molar-refractivity contribution is 5.80. The highest BCUT2D eigenvalue weighted by Crippen LogP contribution is 2.26. The van der Waals surface area contributed by atoms with Crippen LogP contribution in [0, 0.1) is 0 Å². The molecule has 8 atom stereocenters. The van der Waals surface area contributed by atoms with Gasteiger partial charge in [-0.05, 0) is 109 Å². The summed E-state index contributed by atoms with van der Waals surface area (Å²) in [6.07, 6.45) is 77.1. The number of carbonyl (C=O) groups excluding carboxylic acids is 2. The van der Waals surface area contributed by atoms with Crippen LogP contribution in [-0.4, -0.2) is 99.6 Å². The minimum atomic E-state index is -1.63. The van der Waals surface area contributed by atoms with E-state index in [1.54, 1.807) is 6.08 Å². The third-order valence-electron chi connectivity index (χ3n) is 16.4. The topological polar surface area (TPSA) is 175 Å². The van der Waals surface area contributed by atoms with Gasteiger partial charge in [0.1, 0.15) is 24.4 Å². The van der Waals surface area contributed by atoms with Gasteiger partial charge in [0.2, 0.25) is 5.91 Å². The van der Waals surface area contributed by atoms with E-state index in [1.165, 1.54) is 161 Å². The second kappa shape index (κ2) is 63.5. The third kappa shape index (κ3) is 50.0. The lowest BCUT2D eigenvalue weighted by molar-refractivity contribution is -0.305. The van der Waals surface area contributed by atoms with Crippen LogP contribution in [0.1, 0.15) is 303 Å². The van der Waals surface area contributed by atoms with E-state index in [-0.39, 0.29) is 19.4 Å². The van der Waals surface area contributed by atoms with Crippen molar-refractivity contribution in [1.82, 2.24) is 5.32 Å². The summed E-state index contributed by atoms with van der Waals surface area (Å²) in [6.45, 7) is 5.65. The quantitative estimate of drug-likeness (QED) is 0.0195. The first-order valence-corrected chi connectivity index (χ1v) is 36.2. The number of aliphatic hydroxyl groups is 5. The number of carbonyl (C=O) groups is 2. The Morgan fingerprint density at radius 2 is 0.818 bits per heavy atom. The summed E-state index contributed by atoms with van der Waals surface area (Å²) < 4.78 is 17.7. The maximum atomic E-state index is 13.5. The van der Waals surface area contributed by atoms with E-state index in [0.29, 0.717) is 19.3 Å². The van der Waals surface area contributed by atoms with E-state index in [2.05, 4.69) is 117 Å². The molecule has 8 unspecified atom stereocenters. The summed E-state index contributed by atoms with van der Waals surface area (Å²) in [5, 5.41) is 57.2. The number of amides is 1. The zero-order valence-electron chi connectivity index (χ0n) is 56.3. The first-order valence-electron chi connectivity index (χ1n) is 36.2. The minimum absolute atomic E-state index is 0.115. The van der Waals surface area contributed by atoms with E-state index < -0.39 is 67.4 Å². The molecule has 11 heteroatoms. The summed E-state index contributed by atoms with van der Waals surface area (Å²) in [5.41, 5.74) is 0. The Kier molecular flexibility index (Phi) is 59.4. The molecule has 11 nitrogen and oxygen atoms in total. The van der Waals surface area contributed by atoms with Gasteiger partial charge in [-0.15, -0.1) is 0 Å². The molecule has 0 radical (unpaired) electrons. The van der Waals surface area contributed by atoms with Gasteiger partial charge in [0.05, 0.1) is 25.4 Å². The van der Waals surface area contributed by atoms with Crippen molar-refractivity contribution in [2.45, 2.75) is 352 Å². The van der Waals surface area contributed by atoms with Gasteiger partial charge in [0.15, 0.2) is 12.4 Å². The Bertz CT molecular complexity index is 1850. The van der Waals surface area contributed by atoms with Gasteiger partial charge in [-0.1, -0.05) is 297 Å². The number of esters is 1. The summed E-state index contributed by atoms with van der Waals surface area (Å²) in [7, 11) is 0. The zero-order chi connectivity index (χ0) is 63.9. The fraction of sp³-hybridized carbons (Fsp3) is 0.740. The first kappa shape index (κ1) is 82.3. The van der Waals surface area contributed by atoms with Crippen LogP contribution in [0.4, 0.5) is 0 Å². The molecule has 88 heavy (non-hydrogen) atoms. The van der Waals surface area contributed by atoms with Crippen LogP contribution in [-0.2, 0) is 23.8 Å². The molecule has 0 aromatic carbocycles. The minimum Gasteiger partial charge on any atom is -0.454 e. The lowest BCUT2D eigenvalue weighted by Gasteiger charge is -2.41. The van der Waals surface area contributed by atoms with Crippen LogP contribution >= 0.6 is 0 Å². The maximum Gasteiger partial charge on any atom is 0.306 e. The third-order valence-corrected chi connectivity index (χ3v) is 16.4. The average Bonchev–Trinajstić information content (AvgIpc) is 2.78. The molecule has 1 saturated heterocycles. The van der Waals surface area contributed by atoms with Crippen molar-refractivity contribution in [3.63, 3.8) is 0 Å². The number of nitrogens with one attached hydrogen (secondary N) is 1. The summed E-state index contributed by atoms with van der Waals surface area (Å²) >= 11 is 0. The molecule has 6 N–H and O–H groups in total. The molecular formula is C77H133NO10. The number of unbranched alkanes of at least 4 members (excludes halogenated alkanes) is 31. The molecule has 1 aliphatic rings. The van der Waals surface area contributed by atoms with Crippen LogP contribution in [0.15, 0.2) is 109 Å². The predicted octanol–water partition coefficient (Wildman–Crippen LogP) is 18.8. The van der Waals surface area contributed by atoms with Crippen molar-refractivity contribution in [3.8, 4) is 0 Å². The molecule has 0 saturated carbocycles. The number of rotatable bonds is 61. The van der Waals surface area contributed by atoms with Crippen molar-refractivity contribution in [2.75, 3.05) is 13.2 Å². The predicted molar refractivity (Wildman–Crippen MR) is 370 cm³/mol. The summed E-state index contributed by atoms with van der Waals surface area (Å²) in [5.74, 6) is -1.24. The summed E-state index contributed by atoms with van der Waals surface area (Å²) in [4.78, 5) is 26.7. The van der Waals surface area contributed by atoms with Crippen LogP contribution in [0.5, 0.6) is 0 Å². The van der Waals surface area contributed by atoms with E-state index in [9.17, 15) is 35.1 Å². The van der Waals surface area contributed by atoms with E-state index >= 15 is 0 Å². The Balaban J connectivity index is 2.57. The van der Waals surface area contributed by atoms with E-state index in [0.717, 1.165) is 89.9 Å². The van der Waals surface area contributed by atoms with E-state index in [1.807, 2.05) is 12.2 Å². The smallest absolute Gasteiger partial charge is 0.306 e. The lowest BCUT2D eigenvalue weighted by atomic mass is 9.99. The monoisotopic (exact) mass is 1230 g/mol. The number of allylic oxidation sites excluding steroid dienone is 17. The maximum absolute atomic E-state index is 13.5. The average molecular weight is 1230 g/mol. The Hall–Kier alpha value is -3.68. The van der Waals surface area contributed by atoms with Crippen molar-refractivity contribution < 1.29 is 49.3 Å². The standard InChI is InChI=1S/C77H133NO10/c1-4-7-10-13-16-19-22-25-27-29-31-33-34-35-36-37-38-39-41-43-45-47-50-53-56-59-62-65-72(82)88-75-74(84)73(83)71(66-79)87-77(75)86-67-68(69(80)63-60-57-54-51-48-24-21-18-15-12-9-6-3)78-76(85)70(81)64-61-58-55-52-49-46-44-42-40-32-30-28-26-23-20-17-14-11-8-5-2/h8,11,16-17,19-20,25-28,32,40,44,46,52,55,60,63,68-71,73-75,77,79-81,83-84H,4-7,9-10,12-15,18,21-24,29-31,33-39,41-43,45,47-51,53-54,56-59,61-62,64-67H2,1-3H3,(H,78,85)/b11-8-,19-16-,20-17-,27-25-,28-26-,40-32-,46-44-,55-52-,63-60+. The largest absolute Gasteiger partial charge is 0.454 e. The molecule has 0 aliphatic carbocycles. The second-order valence-electron chi connectivity index (χ2n) is 24.6. The number of hydrogen-bond acceptors (Lipinski definition) is 10.